The normalized spacial score (nSPS) is 11.9. The Bertz CT molecular complexity index is 483. The molecule has 1 atom stereocenters. The molecule has 1 rings (SSSR count). The zero-order valence-corrected chi connectivity index (χ0v) is 10.9. The first-order chi connectivity index (χ1) is 8.43. The number of carboxylic acids is 1. The van der Waals surface area contributed by atoms with Gasteiger partial charge in [-0.15, -0.1) is 0 Å². The lowest BCUT2D eigenvalue weighted by atomic mass is 10.0. The van der Waals surface area contributed by atoms with Crippen molar-refractivity contribution in [3.05, 3.63) is 22.8 Å². The van der Waals surface area contributed by atoms with E-state index in [1.54, 1.807) is 0 Å². The Morgan fingerprint density at radius 2 is 2.33 bits per heavy atom. The van der Waals surface area contributed by atoms with Crippen LogP contribution in [0.4, 0.5) is 5.82 Å². The number of carboxylic acid groups (broad SMARTS) is 1. The van der Waals surface area contributed by atoms with Crippen molar-refractivity contribution in [3.63, 3.8) is 0 Å². The van der Waals surface area contributed by atoms with E-state index in [2.05, 4.69) is 10.3 Å². The van der Waals surface area contributed by atoms with E-state index in [0.29, 0.717) is 12.0 Å². The zero-order chi connectivity index (χ0) is 13.7. The molecule has 0 aliphatic heterocycles. The zero-order valence-electron chi connectivity index (χ0n) is 10.1. The largest absolute Gasteiger partial charge is 0.480 e. The van der Waals surface area contributed by atoms with Gasteiger partial charge in [-0.25, -0.2) is 9.78 Å². The second kappa shape index (κ2) is 6.22. The summed E-state index contributed by atoms with van der Waals surface area (Å²) in [5.74, 6) is -0.439. The molecule has 96 valence electrons. The second-order valence-electron chi connectivity index (χ2n) is 4.33. The molecule has 0 unspecified atom stereocenters. The number of nitriles is 1. The Labute approximate surface area is 110 Å². The fourth-order valence-electron chi connectivity index (χ4n) is 1.46. The van der Waals surface area contributed by atoms with Gasteiger partial charge in [0.25, 0.3) is 0 Å². The maximum atomic E-state index is 11.1. The predicted molar refractivity (Wildman–Crippen MR) is 68.5 cm³/mol. The third-order valence-electron chi connectivity index (χ3n) is 2.29. The molecule has 0 aromatic carbocycles. The molecule has 0 aliphatic rings. The number of nitrogens with zero attached hydrogens (tertiary/aromatic N) is 2. The van der Waals surface area contributed by atoms with Gasteiger partial charge in [-0.05, 0) is 18.4 Å². The number of pyridine rings is 1. The number of aliphatic carboxylic acids is 1. The van der Waals surface area contributed by atoms with Crippen molar-refractivity contribution in [1.82, 2.24) is 4.98 Å². The lowest BCUT2D eigenvalue weighted by Crippen LogP contribution is -2.31. The summed E-state index contributed by atoms with van der Waals surface area (Å²) in [5.41, 5.74) is 0.335. The molecule has 5 nitrogen and oxygen atoms in total. The van der Waals surface area contributed by atoms with E-state index in [0.717, 1.165) is 0 Å². The van der Waals surface area contributed by atoms with Gasteiger partial charge in [-0.2, -0.15) is 5.26 Å². The molecule has 2 N–H and O–H groups in total. The van der Waals surface area contributed by atoms with Gasteiger partial charge < -0.3 is 10.4 Å². The molecule has 0 radical (unpaired) electrons. The fraction of sp³-hybridized carbons (Fsp3) is 0.417. The van der Waals surface area contributed by atoms with Crippen molar-refractivity contribution < 1.29 is 9.90 Å². The number of carbonyl (C=O) groups is 1. The maximum Gasteiger partial charge on any atom is 0.326 e. The summed E-state index contributed by atoms with van der Waals surface area (Å²) < 4.78 is 0. The average molecular weight is 268 g/mol. The Kier molecular flexibility index (Phi) is 4.93. The smallest absolute Gasteiger partial charge is 0.326 e. The predicted octanol–water partition coefficient (Wildman–Crippen LogP) is 2.52. The molecule has 18 heavy (non-hydrogen) atoms. The highest BCUT2D eigenvalue weighted by atomic mass is 35.5. The van der Waals surface area contributed by atoms with Gasteiger partial charge in [0.15, 0.2) is 0 Å². The van der Waals surface area contributed by atoms with Gasteiger partial charge >= 0.3 is 5.97 Å². The highest BCUT2D eigenvalue weighted by Gasteiger charge is 2.20. The van der Waals surface area contributed by atoms with E-state index < -0.39 is 12.0 Å². The van der Waals surface area contributed by atoms with Crippen LogP contribution >= 0.6 is 11.6 Å². The van der Waals surface area contributed by atoms with E-state index in [1.807, 2.05) is 19.9 Å². The summed E-state index contributed by atoms with van der Waals surface area (Å²) >= 11 is 5.92. The number of rotatable bonds is 5. The standard InChI is InChI=1S/C12H14ClN3O2/c1-7(2)3-10(12(17)18)16-11-9(13)4-8(5-14)6-15-11/h4,6-7,10H,3H2,1-2H3,(H,15,16)(H,17,18)/t10-/m0/s1. The lowest BCUT2D eigenvalue weighted by molar-refractivity contribution is -0.138. The summed E-state index contributed by atoms with van der Waals surface area (Å²) in [7, 11) is 0. The van der Waals surface area contributed by atoms with Crippen LogP contribution in [0.15, 0.2) is 12.3 Å². The molecule has 0 aliphatic carbocycles. The maximum absolute atomic E-state index is 11.1. The molecule has 1 aromatic heterocycles. The van der Waals surface area contributed by atoms with E-state index in [9.17, 15) is 4.79 Å². The molecule has 1 heterocycles. The molecule has 0 spiro atoms. The number of hydrogen-bond donors (Lipinski definition) is 2. The van der Waals surface area contributed by atoms with Crippen LogP contribution in [0.3, 0.4) is 0 Å². The molecule has 0 fully saturated rings. The summed E-state index contributed by atoms with van der Waals surface area (Å²) in [6, 6.07) is 2.61. The van der Waals surface area contributed by atoms with Gasteiger partial charge in [0, 0.05) is 6.20 Å². The number of nitrogens with one attached hydrogen (secondary N) is 1. The monoisotopic (exact) mass is 267 g/mol. The van der Waals surface area contributed by atoms with Gasteiger partial charge in [-0.1, -0.05) is 25.4 Å². The van der Waals surface area contributed by atoms with Crippen LogP contribution in [-0.2, 0) is 4.79 Å². The van der Waals surface area contributed by atoms with Crippen molar-refractivity contribution in [2.45, 2.75) is 26.3 Å². The number of halogens is 1. The van der Waals surface area contributed by atoms with Gasteiger partial charge in [0.2, 0.25) is 0 Å². The number of anilines is 1. The van der Waals surface area contributed by atoms with E-state index in [4.69, 9.17) is 22.0 Å². The van der Waals surface area contributed by atoms with Crippen LogP contribution in [0.25, 0.3) is 0 Å². The Morgan fingerprint density at radius 1 is 1.67 bits per heavy atom. The fourth-order valence-corrected chi connectivity index (χ4v) is 1.68. The molecular formula is C12H14ClN3O2. The van der Waals surface area contributed by atoms with Crippen molar-refractivity contribution in [2.75, 3.05) is 5.32 Å². The first kappa shape index (κ1) is 14.3. The Balaban J connectivity index is 2.88. The number of aromatic nitrogens is 1. The van der Waals surface area contributed by atoms with Crippen LogP contribution < -0.4 is 5.32 Å². The lowest BCUT2D eigenvalue weighted by Gasteiger charge is -2.17. The molecule has 0 amide bonds. The molecule has 6 heteroatoms. The van der Waals surface area contributed by atoms with Crippen molar-refractivity contribution in [3.8, 4) is 6.07 Å². The summed E-state index contributed by atoms with van der Waals surface area (Å²) in [5, 5.41) is 20.8. The van der Waals surface area contributed by atoms with Crippen molar-refractivity contribution >= 4 is 23.4 Å². The van der Waals surface area contributed by atoms with Crippen LogP contribution in [0.1, 0.15) is 25.8 Å². The van der Waals surface area contributed by atoms with E-state index >= 15 is 0 Å². The molecule has 0 saturated heterocycles. The highest BCUT2D eigenvalue weighted by molar-refractivity contribution is 6.33. The highest BCUT2D eigenvalue weighted by Crippen LogP contribution is 2.21. The number of hydrogen-bond acceptors (Lipinski definition) is 4. The van der Waals surface area contributed by atoms with Gasteiger partial charge in [-0.3, -0.25) is 0 Å². The van der Waals surface area contributed by atoms with E-state index in [-0.39, 0.29) is 16.8 Å². The molecule has 0 saturated carbocycles. The molecule has 0 bridgehead atoms. The quantitative estimate of drug-likeness (QED) is 0.856. The van der Waals surface area contributed by atoms with Crippen LogP contribution in [0.2, 0.25) is 5.02 Å². The first-order valence-electron chi connectivity index (χ1n) is 5.49. The Morgan fingerprint density at radius 3 is 2.78 bits per heavy atom. The first-order valence-corrected chi connectivity index (χ1v) is 5.86. The second-order valence-corrected chi connectivity index (χ2v) is 4.74. The SMILES string of the molecule is CC(C)C[C@H](Nc1ncc(C#N)cc1Cl)C(=O)O. The summed E-state index contributed by atoms with van der Waals surface area (Å²) in [4.78, 5) is 15.0. The van der Waals surface area contributed by atoms with Crippen molar-refractivity contribution in [2.24, 2.45) is 5.92 Å². The Hall–Kier alpha value is -1.80. The molecular weight excluding hydrogens is 254 g/mol. The summed E-state index contributed by atoms with van der Waals surface area (Å²) in [6.07, 6.45) is 1.82. The third kappa shape index (κ3) is 3.90. The van der Waals surface area contributed by atoms with Crippen molar-refractivity contribution in [1.29, 1.82) is 5.26 Å². The third-order valence-corrected chi connectivity index (χ3v) is 2.57. The van der Waals surface area contributed by atoms with Gasteiger partial charge in [0.05, 0.1) is 10.6 Å². The van der Waals surface area contributed by atoms with Crippen LogP contribution in [-0.4, -0.2) is 22.1 Å². The minimum atomic E-state index is -0.953. The average Bonchev–Trinajstić information content (AvgIpc) is 2.29. The topological polar surface area (TPSA) is 86.0 Å². The van der Waals surface area contributed by atoms with Crippen LogP contribution in [0, 0.1) is 17.2 Å². The van der Waals surface area contributed by atoms with Crippen LogP contribution in [0.5, 0.6) is 0 Å². The molecule has 1 aromatic rings. The van der Waals surface area contributed by atoms with E-state index in [1.165, 1.54) is 12.3 Å². The summed E-state index contributed by atoms with van der Waals surface area (Å²) in [6.45, 7) is 3.87. The van der Waals surface area contributed by atoms with Gasteiger partial charge in [0.1, 0.15) is 17.9 Å². The minimum Gasteiger partial charge on any atom is -0.480 e. The minimum absolute atomic E-state index is 0.232.